The summed E-state index contributed by atoms with van der Waals surface area (Å²) >= 11 is 1.27. The van der Waals surface area contributed by atoms with Gasteiger partial charge in [-0.3, -0.25) is 10.1 Å². The summed E-state index contributed by atoms with van der Waals surface area (Å²) in [4.78, 5) is 19.7. The van der Waals surface area contributed by atoms with Gasteiger partial charge in [0.05, 0.1) is 18.1 Å². The molecule has 0 aliphatic heterocycles. The van der Waals surface area contributed by atoms with Crippen LogP contribution in [0.4, 0.5) is 5.13 Å². The predicted octanol–water partition coefficient (Wildman–Crippen LogP) is 1.18. The Hall–Kier alpha value is -1.73. The lowest BCUT2D eigenvalue weighted by molar-refractivity contribution is 0.102. The van der Waals surface area contributed by atoms with Crippen molar-refractivity contribution in [2.24, 2.45) is 7.05 Å². The first kappa shape index (κ1) is 11.7. The van der Waals surface area contributed by atoms with E-state index >= 15 is 0 Å². The van der Waals surface area contributed by atoms with E-state index < -0.39 is 6.10 Å². The fourth-order valence-electron chi connectivity index (χ4n) is 1.23. The molecule has 7 heteroatoms. The molecule has 0 radical (unpaired) electrons. The van der Waals surface area contributed by atoms with Crippen LogP contribution in [0.5, 0.6) is 0 Å². The van der Waals surface area contributed by atoms with Gasteiger partial charge in [-0.2, -0.15) is 0 Å². The number of imidazole rings is 1. The van der Waals surface area contributed by atoms with E-state index in [1.165, 1.54) is 11.3 Å². The summed E-state index contributed by atoms with van der Waals surface area (Å²) in [5.74, 6) is -0.308. The Morgan fingerprint density at radius 1 is 1.65 bits per heavy atom. The van der Waals surface area contributed by atoms with Crippen LogP contribution in [0.3, 0.4) is 0 Å². The number of amides is 1. The van der Waals surface area contributed by atoms with Crippen molar-refractivity contribution in [1.82, 2.24) is 14.5 Å². The average Bonchev–Trinajstić information content (AvgIpc) is 2.86. The second-order valence-corrected chi connectivity index (χ2v) is 4.49. The Kier molecular flexibility index (Phi) is 3.21. The van der Waals surface area contributed by atoms with E-state index in [1.54, 1.807) is 36.4 Å². The average molecular weight is 252 g/mol. The zero-order valence-electron chi connectivity index (χ0n) is 9.41. The van der Waals surface area contributed by atoms with E-state index in [4.69, 9.17) is 0 Å². The number of hydrogen-bond donors (Lipinski definition) is 2. The fraction of sp³-hybridized carbons (Fsp3) is 0.300. The Morgan fingerprint density at radius 3 is 2.94 bits per heavy atom. The van der Waals surface area contributed by atoms with Crippen LogP contribution in [0.1, 0.15) is 29.2 Å². The van der Waals surface area contributed by atoms with Gasteiger partial charge in [0.1, 0.15) is 5.69 Å². The van der Waals surface area contributed by atoms with Crippen molar-refractivity contribution in [1.29, 1.82) is 0 Å². The maximum Gasteiger partial charge on any atom is 0.277 e. The van der Waals surface area contributed by atoms with Crippen molar-refractivity contribution < 1.29 is 9.90 Å². The Bertz CT molecular complexity index is 532. The Morgan fingerprint density at radius 2 is 2.41 bits per heavy atom. The minimum atomic E-state index is -0.633. The first-order chi connectivity index (χ1) is 8.06. The topological polar surface area (TPSA) is 80.0 Å². The van der Waals surface area contributed by atoms with Gasteiger partial charge in [-0.1, -0.05) is 0 Å². The molecule has 0 bridgehead atoms. The highest BCUT2D eigenvalue weighted by Crippen LogP contribution is 2.20. The minimum Gasteiger partial charge on any atom is -0.387 e. The van der Waals surface area contributed by atoms with E-state index in [2.05, 4.69) is 15.3 Å². The summed E-state index contributed by atoms with van der Waals surface area (Å²) in [6, 6.07) is 0. The third-order valence-corrected chi connectivity index (χ3v) is 2.88. The molecule has 0 aromatic carbocycles. The van der Waals surface area contributed by atoms with Crippen LogP contribution in [-0.4, -0.2) is 25.5 Å². The number of carbonyl (C=O) groups is 1. The van der Waals surface area contributed by atoms with Crippen molar-refractivity contribution >= 4 is 22.4 Å². The van der Waals surface area contributed by atoms with Crippen LogP contribution in [0.25, 0.3) is 0 Å². The lowest BCUT2D eigenvalue weighted by Crippen LogP contribution is -2.12. The van der Waals surface area contributed by atoms with Crippen LogP contribution in [0, 0.1) is 0 Å². The van der Waals surface area contributed by atoms with Gasteiger partial charge in [0.15, 0.2) is 5.13 Å². The second-order valence-electron chi connectivity index (χ2n) is 3.63. The first-order valence-corrected chi connectivity index (χ1v) is 5.87. The Labute approximate surface area is 102 Å². The highest BCUT2D eigenvalue weighted by atomic mass is 32.1. The first-order valence-electron chi connectivity index (χ1n) is 4.99. The van der Waals surface area contributed by atoms with Crippen LogP contribution in [0.2, 0.25) is 0 Å². The number of anilines is 1. The van der Waals surface area contributed by atoms with Gasteiger partial charge in [0.2, 0.25) is 0 Å². The highest BCUT2D eigenvalue weighted by molar-refractivity contribution is 7.14. The van der Waals surface area contributed by atoms with Gasteiger partial charge in [0.25, 0.3) is 5.91 Å². The normalized spacial score (nSPS) is 12.4. The molecule has 2 aromatic rings. The number of thiazole rings is 1. The summed E-state index contributed by atoms with van der Waals surface area (Å²) in [6.45, 7) is 1.62. The summed E-state index contributed by atoms with van der Waals surface area (Å²) in [6.07, 6.45) is 2.54. The van der Waals surface area contributed by atoms with Crippen LogP contribution >= 0.6 is 11.3 Å². The molecule has 1 unspecified atom stereocenters. The van der Waals surface area contributed by atoms with Gasteiger partial charge >= 0.3 is 0 Å². The third-order valence-electron chi connectivity index (χ3n) is 2.11. The van der Waals surface area contributed by atoms with Crippen molar-refractivity contribution in [2.75, 3.05) is 5.32 Å². The van der Waals surface area contributed by atoms with Crippen molar-refractivity contribution in [3.8, 4) is 0 Å². The van der Waals surface area contributed by atoms with Gasteiger partial charge in [0, 0.05) is 18.6 Å². The fourth-order valence-corrected chi connectivity index (χ4v) is 2.02. The third kappa shape index (κ3) is 2.69. The van der Waals surface area contributed by atoms with E-state index in [1.807, 2.05) is 0 Å². The van der Waals surface area contributed by atoms with Crippen LogP contribution in [0.15, 0.2) is 17.9 Å². The lowest BCUT2D eigenvalue weighted by atomic mass is 10.3. The zero-order valence-corrected chi connectivity index (χ0v) is 10.2. The van der Waals surface area contributed by atoms with Crippen molar-refractivity contribution in [3.05, 3.63) is 29.3 Å². The number of carbonyl (C=O) groups excluding carboxylic acids is 1. The molecular formula is C10H12N4O2S. The highest BCUT2D eigenvalue weighted by Gasteiger charge is 2.12. The number of rotatable bonds is 3. The molecule has 2 aromatic heterocycles. The number of aliphatic hydroxyl groups is 1. The molecule has 2 heterocycles. The molecule has 17 heavy (non-hydrogen) atoms. The molecule has 0 aliphatic rings. The molecule has 0 saturated carbocycles. The maximum absolute atomic E-state index is 11.7. The number of aliphatic hydroxyl groups excluding tert-OH is 1. The van der Waals surface area contributed by atoms with Gasteiger partial charge in [-0.25, -0.2) is 9.97 Å². The monoisotopic (exact) mass is 252 g/mol. The quantitative estimate of drug-likeness (QED) is 0.859. The number of nitrogens with zero attached hydrogens (tertiary/aromatic N) is 3. The van der Waals surface area contributed by atoms with E-state index in [0.29, 0.717) is 16.5 Å². The molecule has 0 fully saturated rings. The van der Waals surface area contributed by atoms with Gasteiger partial charge < -0.3 is 9.67 Å². The molecule has 90 valence electrons. The predicted molar refractivity (Wildman–Crippen MR) is 63.9 cm³/mol. The van der Waals surface area contributed by atoms with E-state index in [9.17, 15) is 9.90 Å². The van der Waals surface area contributed by atoms with Gasteiger partial charge in [-0.15, -0.1) is 11.3 Å². The lowest BCUT2D eigenvalue weighted by Gasteiger charge is -1.98. The second kappa shape index (κ2) is 4.64. The molecule has 2 N–H and O–H groups in total. The van der Waals surface area contributed by atoms with Crippen molar-refractivity contribution in [3.63, 3.8) is 0 Å². The molecule has 1 amide bonds. The molecular weight excluding hydrogens is 240 g/mol. The number of hydrogen-bond acceptors (Lipinski definition) is 5. The molecule has 6 nitrogen and oxygen atoms in total. The van der Waals surface area contributed by atoms with Gasteiger partial charge in [-0.05, 0) is 6.92 Å². The van der Waals surface area contributed by atoms with E-state index in [0.717, 1.165) is 0 Å². The zero-order chi connectivity index (χ0) is 12.4. The van der Waals surface area contributed by atoms with Crippen LogP contribution in [-0.2, 0) is 7.05 Å². The maximum atomic E-state index is 11.7. The summed E-state index contributed by atoms with van der Waals surface area (Å²) < 4.78 is 1.69. The summed E-state index contributed by atoms with van der Waals surface area (Å²) in [5, 5.41) is 14.1. The molecule has 1 atom stereocenters. The molecule has 0 spiro atoms. The molecule has 0 aliphatic carbocycles. The Balaban J connectivity index is 2.07. The number of nitrogens with one attached hydrogen (secondary N) is 1. The minimum absolute atomic E-state index is 0.308. The van der Waals surface area contributed by atoms with Crippen LogP contribution < -0.4 is 5.32 Å². The van der Waals surface area contributed by atoms with E-state index in [-0.39, 0.29) is 5.91 Å². The SMILES string of the molecule is CC(O)c1csc(NC(=O)c2cn(C)cn2)n1. The number of aromatic nitrogens is 3. The molecule has 0 saturated heterocycles. The smallest absolute Gasteiger partial charge is 0.277 e. The largest absolute Gasteiger partial charge is 0.387 e. The number of aryl methyl sites for hydroxylation is 1. The summed E-state index contributed by atoms with van der Waals surface area (Å²) in [7, 11) is 1.79. The standard InChI is InChI=1S/C10H12N4O2S/c1-6(15)8-4-17-10(12-8)13-9(16)7-3-14(2)5-11-7/h3-6,15H,1-2H3,(H,12,13,16). The van der Waals surface area contributed by atoms with Crippen molar-refractivity contribution in [2.45, 2.75) is 13.0 Å². The summed E-state index contributed by atoms with van der Waals surface area (Å²) in [5.41, 5.74) is 0.882. The molecule has 2 rings (SSSR count).